The number of sulfone groups is 1. The van der Waals surface area contributed by atoms with Crippen LogP contribution in [0.4, 0.5) is 0 Å². The van der Waals surface area contributed by atoms with Crippen molar-refractivity contribution in [3.63, 3.8) is 0 Å². The maximum Gasteiger partial charge on any atom is 0.150 e. The van der Waals surface area contributed by atoms with Gasteiger partial charge in [0.25, 0.3) is 0 Å². The highest BCUT2D eigenvalue weighted by Gasteiger charge is 2.09. The lowest BCUT2D eigenvalue weighted by molar-refractivity contribution is 0.150. The molecule has 0 aliphatic carbocycles. The van der Waals surface area contributed by atoms with E-state index < -0.39 is 9.84 Å². The van der Waals surface area contributed by atoms with Crippen LogP contribution in [0.25, 0.3) is 0 Å². The first-order valence-electron chi connectivity index (χ1n) is 7.90. The molecular weight excluding hydrogens is 260 g/mol. The highest BCUT2D eigenvalue weighted by Crippen LogP contribution is 2.12. The quantitative estimate of drug-likeness (QED) is 0.527. The van der Waals surface area contributed by atoms with Crippen LogP contribution in [0.1, 0.15) is 78.1 Å². The summed E-state index contributed by atoms with van der Waals surface area (Å²) in [6, 6.07) is 0. The second kappa shape index (κ2) is 11.7. The van der Waals surface area contributed by atoms with Gasteiger partial charge in [-0.05, 0) is 19.3 Å². The molecule has 4 heteroatoms. The molecular formula is C15H32O3S. The van der Waals surface area contributed by atoms with Crippen LogP contribution in [-0.2, 0) is 9.84 Å². The number of unbranched alkanes of at least 4 members (excludes halogenated alkanes) is 6. The third-order valence-electron chi connectivity index (χ3n) is 3.57. The van der Waals surface area contributed by atoms with Gasteiger partial charge in [0.2, 0.25) is 0 Å². The van der Waals surface area contributed by atoms with Gasteiger partial charge in [-0.2, -0.15) is 0 Å². The second-order valence-corrected chi connectivity index (χ2v) is 7.92. The zero-order chi connectivity index (χ0) is 14.6. The lowest BCUT2D eigenvalue weighted by Crippen LogP contribution is -2.12. The average molecular weight is 292 g/mol. The minimum absolute atomic E-state index is 0.209. The van der Waals surface area contributed by atoms with E-state index in [2.05, 4.69) is 6.92 Å². The summed E-state index contributed by atoms with van der Waals surface area (Å²) in [7, 11) is -2.86. The summed E-state index contributed by atoms with van der Waals surface area (Å²) >= 11 is 0. The SMILES string of the molecule is CCCCCCCCCC(O)CCCS(=O)(=O)CC. The molecule has 0 aliphatic rings. The molecule has 0 amide bonds. The van der Waals surface area contributed by atoms with Crippen molar-refractivity contribution in [1.29, 1.82) is 0 Å². The van der Waals surface area contributed by atoms with Crippen LogP contribution in [-0.4, -0.2) is 31.1 Å². The molecule has 0 aromatic carbocycles. The molecule has 19 heavy (non-hydrogen) atoms. The fourth-order valence-corrected chi connectivity index (χ4v) is 3.06. The molecule has 3 nitrogen and oxygen atoms in total. The smallest absolute Gasteiger partial charge is 0.150 e. The van der Waals surface area contributed by atoms with E-state index in [-0.39, 0.29) is 17.6 Å². The van der Waals surface area contributed by atoms with Crippen molar-refractivity contribution in [1.82, 2.24) is 0 Å². The van der Waals surface area contributed by atoms with Gasteiger partial charge in [-0.1, -0.05) is 58.8 Å². The van der Waals surface area contributed by atoms with Gasteiger partial charge in [0, 0.05) is 5.75 Å². The van der Waals surface area contributed by atoms with Crippen LogP contribution in [0.3, 0.4) is 0 Å². The summed E-state index contributed by atoms with van der Waals surface area (Å²) in [5.41, 5.74) is 0. The van der Waals surface area contributed by atoms with E-state index in [1.807, 2.05) is 0 Å². The van der Waals surface area contributed by atoms with Crippen molar-refractivity contribution in [2.24, 2.45) is 0 Å². The Morgan fingerprint density at radius 3 is 1.95 bits per heavy atom. The Hall–Kier alpha value is -0.0900. The van der Waals surface area contributed by atoms with E-state index in [1.165, 1.54) is 38.5 Å². The zero-order valence-corrected chi connectivity index (χ0v) is 13.6. The largest absolute Gasteiger partial charge is 0.393 e. The number of aliphatic hydroxyl groups is 1. The molecule has 1 unspecified atom stereocenters. The molecule has 0 spiro atoms. The van der Waals surface area contributed by atoms with E-state index in [4.69, 9.17) is 0 Å². The monoisotopic (exact) mass is 292 g/mol. The second-order valence-electron chi connectivity index (χ2n) is 5.44. The molecule has 116 valence electrons. The standard InChI is InChI=1S/C15H32O3S/c1-3-5-6-7-8-9-10-12-15(16)13-11-14-19(17,18)4-2/h15-16H,3-14H2,1-2H3. The Morgan fingerprint density at radius 2 is 1.37 bits per heavy atom. The Morgan fingerprint density at radius 1 is 0.842 bits per heavy atom. The van der Waals surface area contributed by atoms with Gasteiger partial charge in [0.05, 0.1) is 11.9 Å². The van der Waals surface area contributed by atoms with Crippen LogP contribution >= 0.6 is 0 Å². The molecule has 0 radical (unpaired) electrons. The summed E-state index contributed by atoms with van der Waals surface area (Å²) in [5, 5.41) is 9.76. The van der Waals surface area contributed by atoms with Crippen molar-refractivity contribution in [2.75, 3.05) is 11.5 Å². The molecule has 0 aromatic rings. The fourth-order valence-electron chi connectivity index (χ4n) is 2.16. The fraction of sp³-hybridized carbons (Fsp3) is 1.00. The molecule has 0 fully saturated rings. The normalized spacial score (nSPS) is 13.6. The highest BCUT2D eigenvalue weighted by molar-refractivity contribution is 7.91. The number of hydrogen-bond acceptors (Lipinski definition) is 3. The Kier molecular flexibility index (Phi) is 11.7. The van der Waals surface area contributed by atoms with E-state index in [1.54, 1.807) is 6.92 Å². The molecule has 0 saturated heterocycles. The lowest BCUT2D eigenvalue weighted by Gasteiger charge is -2.10. The molecule has 0 aliphatic heterocycles. The van der Waals surface area contributed by atoms with Gasteiger partial charge in [0.1, 0.15) is 9.84 Å². The first-order valence-corrected chi connectivity index (χ1v) is 9.72. The Bertz CT molecular complexity index is 286. The molecule has 0 heterocycles. The van der Waals surface area contributed by atoms with Gasteiger partial charge in [-0.3, -0.25) is 0 Å². The van der Waals surface area contributed by atoms with Crippen LogP contribution in [0.2, 0.25) is 0 Å². The van der Waals surface area contributed by atoms with Gasteiger partial charge in [0.15, 0.2) is 0 Å². The van der Waals surface area contributed by atoms with E-state index >= 15 is 0 Å². The third-order valence-corrected chi connectivity index (χ3v) is 5.36. The molecule has 0 saturated carbocycles. The predicted molar refractivity (Wildman–Crippen MR) is 82.2 cm³/mol. The number of hydrogen-bond donors (Lipinski definition) is 1. The first kappa shape index (κ1) is 18.9. The average Bonchev–Trinajstić information content (AvgIpc) is 2.37. The molecule has 1 atom stereocenters. The summed E-state index contributed by atoms with van der Waals surface area (Å²) in [6.45, 7) is 3.89. The lowest BCUT2D eigenvalue weighted by atomic mass is 10.0. The van der Waals surface area contributed by atoms with Crippen LogP contribution in [0.5, 0.6) is 0 Å². The van der Waals surface area contributed by atoms with E-state index in [0.717, 1.165) is 12.8 Å². The predicted octanol–water partition coefficient (Wildman–Crippen LogP) is 3.70. The van der Waals surface area contributed by atoms with Crippen LogP contribution in [0, 0.1) is 0 Å². The highest BCUT2D eigenvalue weighted by atomic mass is 32.2. The Labute approximate surface area is 119 Å². The first-order chi connectivity index (χ1) is 9.02. The molecule has 1 N–H and O–H groups in total. The Balaban J connectivity index is 3.37. The van der Waals surface area contributed by atoms with Crippen molar-refractivity contribution in [3.05, 3.63) is 0 Å². The maximum absolute atomic E-state index is 11.3. The summed E-state index contributed by atoms with van der Waals surface area (Å²) in [4.78, 5) is 0. The summed E-state index contributed by atoms with van der Waals surface area (Å²) < 4.78 is 22.6. The molecule has 0 bridgehead atoms. The third kappa shape index (κ3) is 12.7. The summed E-state index contributed by atoms with van der Waals surface area (Å²) in [5.74, 6) is 0.429. The van der Waals surface area contributed by atoms with Gasteiger partial charge < -0.3 is 5.11 Å². The van der Waals surface area contributed by atoms with Crippen molar-refractivity contribution in [3.8, 4) is 0 Å². The van der Waals surface area contributed by atoms with Crippen molar-refractivity contribution in [2.45, 2.75) is 84.2 Å². The minimum atomic E-state index is -2.86. The number of aliphatic hydroxyl groups excluding tert-OH is 1. The van der Waals surface area contributed by atoms with Gasteiger partial charge in [-0.15, -0.1) is 0 Å². The van der Waals surface area contributed by atoms with Gasteiger partial charge in [-0.25, -0.2) is 8.42 Å². The zero-order valence-electron chi connectivity index (χ0n) is 12.7. The molecule has 0 aromatic heterocycles. The summed E-state index contributed by atoms with van der Waals surface area (Å²) in [6.07, 6.45) is 10.5. The minimum Gasteiger partial charge on any atom is -0.393 e. The van der Waals surface area contributed by atoms with Crippen molar-refractivity contribution < 1.29 is 13.5 Å². The van der Waals surface area contributed by atoms with Crippen LogP contribution < -0.4 is 0 Å². The van der Waals surface area contributed by atoms with E-state index in [0.29, 0.717) is 12.8 Å². The maximum atomic E-state index is 11.3. The van der Waals surface area contributed by atoms with Crippen molar-refractivity contribution >= 4 is 9.84 Å². The van der Waals surface area contributed by atoms with Gasteiger partial charge >= 0.3 is 0 Å². The topological polar surface area (TPSA) is 54.4 Å². The van der Waals surface area contributed by atoms with Crippen LogP contribution in [0.15, 0.2) is 0 Å². The number of rotatable bonds is 13. The molecule has 0 rings (SSSR count). The van der Waals surface area contributed by atoms with E-state index in [9.17, 15) is 13.5 Å².